The summed E-state index contributed by atoms with van der Waals surface area (Å²) in [5.74, 6) is -2.38. The number of aliphatic carboxylic acids is 2. The summed E-state index contributed by atoms with van der Waals surface area (Å²) in [6.45, 7) is 3.27. The standard InChI is InChI=1S/C9H16O4/c1-6(8(10)11)4-3-5-7(2)9(12)13/h6-7H,3-5H2,1-2H3,(H,10,11)(H,12,13). The molecule has 0 fully saturated rings. The van der Waals surface area contributed by atoms with Crippen LogP contribution in [-0.2, 0) is 9.59 Å². The molecule has 0 aliphatic carbocycles. The Balaban J connectivity index is 3.56. The van der Waals surface area contributed by atoms with Gasteiger partial charge in [0.2, 0.25) is 0 Å². The zero-order chi connectivity index (χ0) is 10.4. The van der Waals surface area contributed by atoms with E-state index in [4.69, 9.17) is 10.2 Å². The first-order valence-corrected chi connectivity index (χ1v) is 4.40. The summed E-state index contributed by atoms with van der Waals surface area (Å²) < 4.78 is 0. The third-order valence-electron chi connectivity index (χ3n) is 2.12. The Morgan fingerprint density at radius 2 is 1.31 bits per heavy atom. The summed E-state index contributed by atoms with van der Waals surface area (Å²) in [6, 6.07) is 0. The summed E-state index contributed by atoms with van der Waals surface area (Å²) in [4.78, 5) is 20.8. The van der Waals surface area contributed by atoms with Crippen LogP contribution in [0.2, 0.25) is 0 Å². The number of hydrogen-bond acceptors (Lipinski definition) is 2. The molecule has 0 rings (SSSR count). The fourth-order valence-corrected chi connectivity index (χ4v) is 0.977. The van der Waals surface area contributed by atoms with Crippen molar-refractivity contribution in [1.29, 1.82) is 0 Å². The van der Waals surface area contributed by atoms with Crippen LogP contribution >= 0.6 is 0 Å². The van der Waals surface area contributed by atoms with Crippen molar-refractivity contribution in [3.8, 4) is 0 Å². The van der Waals surface area contributed by atoms with Crippen LogP contribution in [0, 0.1) is 11.8 Å². The van der Waals surface area contributed by atoms with Crippen molar-refractivity contribution in [2.75, 3.05) is 0 Å². The zero-order valence-electron chi connectivity index (χ0n) is 7.99. The van der Waals surface area contributed by atoms with Gasteiger partial charge in [0.15, 0.2) is 0 Å². The SMILES string of the molecule is CC(CCCC(C)C(=O)O)C(=O)O. The van der Waals surface area contributed by atoms with Gasteiger partial charge >= 0.3 is 11.9 Å². The molecule has 0 spiro atoms. The summed E-state index contributed by atoms with van der Waals surface area (Å²) >= 11 is 0. The van der Waals surface area contributed by atoms with Crippen LogP contribution in [0.3, 0.4) is 0 Å². The average Bonchev–Trinajstić information content (AvgIpc) is 2.03. The van der Waals surface area contributed by atoms with Crippen LogP contribution < -0.4 is 0 Å². The van der Waals surface area contributed by atoms with Crippen LogP contribution in [0.1, 0.15) is 33.1 Å². The highest BCUT2D eigenvalue weighted by atomic mass is 16.4. The molecule has 0 saturated heterocycles. The molecule has 0 heterocycles. The Morgan fingerprint density at radius 1 is 1.00 bits per heavy atom. The maximum Gasteiger partial charge on any atom is 0.306 e. The Morgan fingerprint density at radius 3 is 1.54 bits per heavy atom. The molecule has 2 N–H and O–H groups in total. The van der Waals surface area contributed by atoms with Crippen molar-refractivity contribution < 1.29 is 19.8 Å². The predicted molar refractivity (Wildman–Crippen MR) is 47.5 cm³/mol. The van der Waals surface area contributed by atoms with Crippen LogP contribution in [0.4, 0.5) is 0 Å². The minimum atomic E-state index is -0.817. The maximum atomic E-state index is 10.4. The molecular weight excluding hydrogens is 172 g/mol. The third-order valence-corrected chi connectivity index (χ3v) is 2.12. The molecule has 0 radical (unpaired) electrons. The van der Waals surface area contributed by atoms with Gasteiger partial charge in [0, 0.05) is 0 Å². The van der Waals surface area contributed by atoms with E-state index in [0.29, 0.717) is 19.3 Å². The lowest BCUT2D eigenvalue weighted by atomic mass is 9.99. The minimum absolute atomic E-state index is 0.374. The van der Waals surface area contributed by atoms with Gasteiger partial charge in [-0.3, -0.25) is 9.59 Å². The second kappa shape index (κ2) is 5.56. The van der Waals surface area contributed by atoms with E-state index in [9.17, 15) is 9.59 Å². The lowest BCUT2D eigenvalue weighted by molar-refractivity contribution is -0.141. The fourth-order valence-electron chi connectivity index (χ4n) is 0.977. The minimum Gasteiger partial charge on any atom is -0.481 e. The number of carbonyl (C=O) groups is 2. The molecule has 0 aliphatic heterocycles. The smallest absolute Gasteiger partial charge is 0.306 e. The van der Waals surface area contributed by atoms with Gasteiger partial charge in [-0.2, -0.15) is 0 Å². The second-order valence-electron chi connectivity index (χ2n) is 3.41. The normalized spacial score (nSPS) is 14.9. The van der Waals surface area contributed by atoms with Crippen LogP contribution in [0.15, 0.2) is 0 Å². The Hall–Kier alpha value is -1.06. The zero-order valence-corrected chi connectivity index (χ0v) is 7.99. The van der Waals surface area contributed by atoms with Crippen LogP contribution in [0.5, 0.6) is 0 Å². The number of rotatable bonds is 6. The van der Waals surface area contributed by atoms with Crippen molar-refractivity contribution in [2.24, 2.45) is 11.8 Å². The lowest BCUT2D eigenvalue weighted by Crippen LogP contribution is -2.12. The molecule has 76 valence electrons. The number of hydrogen-bond donors (Lipinski definition) is 2. The topological polar surface area (TPSA) is 74.6 Å². The van der Waals surface area contributed by atoms with E-state index in [0.717, 1.165) is 0 Å². The highest BCUT2D eigenvalue weighted by Gasteiger charge is 2.14. The van der Waals surface area contributed by atoms with E-state index in [2.05, 4.69) is 0 Å². The van der Waals surface area contributed by atoms with E-state index in [-0.39, 0.29) is 11.8 Å². The monoisotopic (exact) mass is 188 g/mol. The predicted octanol–water partition coefficient (Wildman–Crippen LogP) is 1.60. The van der Waals surface area contributed by atoms with E-state index < -0.39 is 11.9 Å². The summed E-state index contributed by atoms with van der Waals surface area (Å²) in [5, 5.41) is 17.1. The van der Waals surface area contributed by atoms with Gasteiger partial charge in [-0.1, -0.05) is 20.3 Å². The van der Waals surface area contributed by atoms with Crippen LogP contribution in [0.25, 0.3) is 0 Å². The first-order chi connectivity index (χ1) is 5.95. The molecule has 2 atom stereocenters. The van der Waals surface area contributed by atoms with Crippen molar-refractivity contribution >= 4 is 11.9 Å². The van der Waals surface area contributed by atoms with Crippen molar-refractivity contribution in [1.82, 2.24) is 0 Å². The summed E-state index contributed by atoms with van der Waals surface area (Å²) in [6.07, 6.45) is 1.75. The number of carboxylic acid groups (broad SMARTS) is 2. The second-order valence-corrected chi connectivity index (χ2v) is 3.41. The Labute approximate surface area is 77.6 Å². The van der Waals surface area contributed by atoms with Gasteiger partial charge in [0.1, 0.15) is 0 Å². The van der Waals surface area contributed by atoms with E-state index in [1.807, 2.05) is 0 Å². The third kappa shape index (κ3) is 5.22. The van der Waals surface area contributed by atoms with Gasteiger partial charge < -0.3 is 10.2 Å². The quantitative estimate of drug-likeness (QED) is 0.663. The van der Waals surface area contributed by atoms with Gasteiger partial charge in [0.25, 0.3) is 0 Å². The fraction of sp³-hybridized carbons (Fsp3) is 0.778. The Kier molecular flexibility index (Phi) is 5.11. The Bertz CT molecular complexity index is 168. The molecule has 0 aromatic carbocycles. The van der Waals surface area contributed by atoms with Gasteiger partial charge in [0.05, 0.1) is 11.8 Å². The molecule has 4 nitrogen and oxygen atoms in total. The molecule has 0 aromatic heterocycles. The molecule has 0 bridgehead atoms. The van der Waals surface area contributed by atoms with E-state index in [1.54, 1.807) is 13.8 Å². The molecule has 0 amide bonds. The first-order valence-electron chi connectivity index (χ1n) is 4.40. The highest BCUT2D eigenvalue weighted by molar-refractivity contribution is 5.70. The maximum absolute atomic E-state index is 10.4. The first kappa shape index (κ1) is 11.9. The van der Waals surface area contributed by atoms with Crippen molar-refractivity contribution in [2.45, 2.75) is 33.1 Å². The molecular formula is C9H16O4. The van der Waals surface area contributed by atoms with E-state index in [1.165, 1.54) is 0 Å². The van der Waals surface area contributed by atoms with Crippen molar-refractivity contribution in [3.63, 3.8) is 0 Å². The van der Waals surface area contributed by atoms with E-state index >= 15 is 0 Å². The van der Waals surface area contributed by atoms with Crippen LogP contribution in [-0.4, -0.2) is 22.2 Å². The summed E-state index contributed by atoms with van der Waals surface area (Å²) in [7, 11) is 0. The molecule has 4 heteroatoms. The summed E-state index contributed by atoms with van der Waals surface area (Å²) in [5.41, 5.74) is 0. The lowest BCUT2D eigenvalue weighted by Gasteiger charge is -2.07. The van der Waals surface area contributed by atoms with Gasteiger partial charge in [-0.05, 0) is 12.8 Å². The molecule has 13 heavy (non-hydrogen) atoms. The van der Waals surface area contributed by atoms with Gasteiger partial charge in [-0.25, -0.2) is 0 Å². The van der Waals surface area contributed by atoms with Gasteiger partial charge in [-0.15, -0.1) is 0 Å². The van der Waals surface area contributed by atoms with Crippen molar-refractivity contribution in [3.05, 3.63) is 0 Å². The highest BCUT2D eigenvalue weighted by Crippen LogP contribution is 2.12. The number of carboxylic acids is 2. The molecule has 0 aliphatic rings. The molecule has 2 unspecified atom stereocenters. The molecule has 0 aromatic rings. The largest absolute Gasteiger partial charge is 0.481 e. The molecule has 0 saturated carbocycles. The average molecular weight is 188 g/mol.